The summed E-state index contributed by atoms with van der Waals surface area (Å²) in [7, 11) is 2.02. The van der Waals surface area contributed by atoms with Crippen LogP contribution in [-0.2, 0) is 7.05 Å². The number of hydrogen-bond acceptors (Lipinski definition) is 3. The molecule has 2 aromatic rings. The molecule has 0 spiro atoms. The van der Waals surface area contributed by atoms with E-state index in [-0.39, 0.29) is 11.7 Å². The Balaban J connectivity index is 2.31. The molecule has 1 aliphatic heterocycles. The highest BCUT2D eigenvalue weighted by Crippen LogP contribution is 2.38. The Morgan fingerprint density at radius 2 is 2.24 bits per heavy atom. The van der Waals surface area contributed by atoms with E-state index in [9.17, 15) is 4.79 Å². The van der Waals surface area contributed by atoms with Crippen molar-refractivity contribution < 1.29 is 4.79 Å². The van der Waals surface area contributed by atoms with E-state index in [0.717, 1.165) is 27.2 Å². The van der Waals surface area contributed by atoms with Crippen LogP contribution in [0.15, 0.2) is 29.3 Å². The molecule has 0 fully saturated rings. The quantitative estimate of drug-likeness (QED) is 0.837. The zero-order valence-corrected chi connectivity index (χ0v) is 10.5. The number of aromatic nitrogens is 1. The monoisotopic (exact) mass is 246 g/mol. The average molecular weight is 246 g/mol. The molecular weight excluding hydrogens is 232 g/mol. The van der Waals surface area contributed by atoms with Crippen molar-refractivity contribution in [1.82, 2.24) is 4.57 Å². The lowest BCUT2D eigenvalue weighted by Gasteiger charge is -2.19. The normalized spacial score (nSPS) is 19.6. The highest BCUT2D eigenvalue weighted by atomic mass is 32.2. The fourth-order valence-corrected chi connectivity index (χ4v) is 3.70. The SMILES string of the molecule is Cn1c2c(c3ccccc31)C(=O)C(CN)CS2. The topological polar surface area (TPSA) is 48.0 Å². The van der Waals surface area contributed by atoms with Gasteiger partial charge in [0.25, 0.3) is 0 Å². The van der Waals surface area contributed by atoms with Crippen LogP contribution in [0.1, 0.15) is 10.4 Å². The van der Waals surface area contributed by atoms with Crippen LogP contribution in [0.25, 0.3) is 10.9 Å². The molecule has 88 valence electrons. The molecule has 3 rings (SSSR count). The first-order valence-electron chi connectivity index (χ1n) is 5.68. The lowest BCUT2D eigenvalue weighted by atomic mass is 9.98. The van der Waals surface area contributed by atoms with E-state index in [0.29, 0.717) is 6.54 Å². The first-order valence-corrected chi connectivity index (χ1v) is 6.67. The van der Waals surface area contributed by atoms with Crippen molar-refractivity contribution in [3.8, 4) is 0 Å². The Hall–Kier alpha value is -1.26. The molecule has 1 aliphatic rings. The maximum Gasteiger partial charge on any atom is 0.171 e. The van der Waals surface area contributed by atoms with Gasteiger partial charge in [-0.3, -0.25) is 4.79 Å². The van der Waals surface area contributed by atoms with E-state index in [4.69, 9.17) is 5.73 Å². The molecule has 0 radical (unpaired) electrons. The number of Topliss-reactive ketones (excluding diaryl/α,β-unsaturated/α-hetero) is 1. The minimum absolute atomic E-state index is 0.0293. The summed E-state index contributed by atoms with van der Waals surface area (Å²) in [6.07, 6.45) is 0. The van der Waals surface area contributed by atoms with Crippen LogP contribution in [-0.4, -0.2) is 22.6 Å². The van der Waals surface area contributed by atoms with Crippen LogP contribution in [0.5, 0.6) is 0 Å². The van der Waals surface area contributed by atoms with Gasteiger partial charge in [0.1, 0.15) is 0 Å². The molecule has 0 aliphatic carbocycles. The zero-order chi connectivity index (χ0) is 12.0. The number of nitrogens with zero attached hydrogens (tertiary/aromatic N) is 1. The summed E-state index contributed by atoms with van der Waals surface area (Å²) in [4.78, 5) is 12.4. The highest BCUT2D eigenvalue weighted by molar-refractivity contribution is 7.99. The number of rotatable bonds is 1. The lowest BCUT2D eigenvalue weighted by molar-refractivity contribution is 0.0932. The third-order valence-electron chi connectivity index (χ3n) is 3.38. The predicted octanol–water partition coefficient (Wildman–Crippen LogP) is 2.04. The van der Waals surface area contributed by atoms with Gasteiger partial charge >= 0.3 is 0 Å². The molecule has 17 heavy (non-hydrogen) atoms. The van der Waals surface area contributed by atoms with Gasteiger partial charge in [-0.15, -0.1) is 11.8 Å². The molecule has 2 N–H and O–H groups in total. The van der Waals surface area contributed by atoms with Gasteiger partial charge in [-0.05, 0) is 6.07 Å². The molecule has 2 heterocycles. The van der Waals surface area contributed by atoms with Crippen LogP contribution >= 0.6 is 11.8 Å². The average Bonchev–Trinajstić information content (AvgIpc) is 2.65. The summed E-state index contributed by atoms with van der Waals surface area (Å²) in [6, 6.07) is 8.06. The van der Waals surface area contributed by atoms with Crippen molar-refractivity contribution in [3.63, 3.8) is 0 Å². The largest absolute Gasteiger partial charge is 0.338 e. The Morgan fingerprint density at radius 1 is 1.47 bits per heavy atom. The third-order valence-corrected chi connectivity index (χ3v) is 4.70. The number of thioether (sulfide) groups is 1. The summed E-state index contributed by atoms with van der Waals surface area (Å²) < 4.78 is 2.11. The number of carbonyl (C=O) groups excluding carboxylic acids is 1. The summed E-state index contributed by atoms with van der Waals surface area (Å²) in [5.74, 6) is 0.975. The van der Waals surface area contributed by atoms with Gasteiger partial charge in [-0.1, -0.05) is 18.2 Å². The Morgan fingerprint density at radius 3 is 3.00 bits per heavy atom. The number of fused-ring (bicyclic) bond motifs is 3. The van der Waals surface area contributed by atoms with Gasteiger partial charge in [0.05, 0.1) is 10.6 Å². The minimum Gasteiger partial charge on any atom is -0.338 e. The number of hydrogen-bond donors (Lipinski definition) is 1. The predicted molar refractivity (Wildman–Crippen MR) is 70.5 cm³/mol. The van der Waals surface area contributed by atoms with E-state index in [1.54, 1.807) is 11.8 Å². The molecule has 1 atom stereocenters. The standard InChI is InChI=1S/C13H14N2OS/c1-15-10-5-3-2-4-9(10)11-12(16)8(6-14)7-17-13(11)15/h2-5,8H,6-7,14H2,1H3. The number of carbonyl (C=O) groups is 1. The van der Waals surface area contributed by atoms with Crippen LogP contribution in [0.3, 0.4) is 0 Å². The van der Waals surface area contributed by atoms with Gasteiger partial charge in [-0.2, -0.15) is 0 Å². The van der Waals surface area contributed by atoms with Crippen molar-refractivity contribution in [1.29, 1.82) is 0 Å². The fourth-order valence-electron chi connectivity index (χ4n) is 2.41. The van der Waals surface area contributed by atoms with Crippen molar-refractivity contribution in [2.75, 3.05) is 12.3 Å². The van der Waals surface area contributed by atoms with Gasteiger partial charge < -0.3 is 10.3 Å². The second kappa shape index (κ2) is 3.89. The molecule has 0 saturated heterocycles. The van der Waals surface area contributed by atoms with Crippen molar-refractivity contribution in [2.45, 2.75) is 5.03 Å². The third kappa shape index (κ3) is 1.44. The van der Waals surface area contributed by atoms with E-state index < -0.39 is 0 Å². The summed E-state index contributed by atoms with van der Waals surface area (Å²) in [6.45, 7) is 0.439. The molecule has 1 unspecified atom stereocenters. The van der Waals surface area contributed by atoms with E-state index >= 15 is 0 Å². The molecule has 4 heteroatoms. The van der Waals surface area contributed by atoms with Gasteiger partial charge in [0.15, 0.2) is 5.78 Å². The number of nitrogens with two attached hydrogens (primary N) is 1. The maximum absolute atomic E-state index is 12.4. The second-order valence-corrected chi connectivity index (χ2v) is 5.37. The summed E-state index contributed by atoms with van der Waals surface area (Å²) >= 11 is 1.74. The minimum atomic E-state index is -0.0293. The molecule has 0 saturated carbocycles. The van der Waals surface area contributed by atoms with E-state index in [1.807, 2.05) is 25.2 Å². The van der Waals surface area contributed by atoms with Gasteiger partial charge in [-0.25, -0.2) is 0 Å². The van der Waals surface area contributed by atoms with Crippen molar-refractivity contribution >= 4 is 28.4 Å². The number of benzene rings is 1. The van der Waals surface area contributed by atoms with Crippen LogP contribution < -0.4 is 5.73 Å². The first kappa shape index (κ1) is 10.9. The number of aryl methyl sites for hydroxylation is 1. The lowest BCUT2D eigenvalue weighted by Crippen LogP contribution is -2.29. The summed E-state index contributed by atoms with van der Waals surface area (Å²) in [5, 5.41) is 2.14. The molecule has 0 amide bonds. The Bertz CT molecular complexity index is 603. The molecule has 0 bridgehead atoms. The van der Waals surface area contributed by atoms with E-state index in [1.165, 1.54) is 0 Å². The smallest absolute Gasteiger partial charge is 0.171 e. The first-order chi connectivity index (χ1) is 8.24. The van der Waals surface area contributed by atoms with Crippen LogP contribution in [0.2, 0.25) is 0 Å². The fraction of sp³-hybridized carbons (Fsp3) is 0.308. The second-order valence-electron chi connectivity index (χ2n) is 4.36. The maximum atomic E-state index is 12.4. The number of ketones is 1. The Labute approximate surface area is 104 Å². The van der Waals surface area contributed by atoms with E-state index in [2.05, 4.69) is 10.6 Å². The van der Waals surface area contributed by atoms with Gasteiger partial charge in [0, 0.05) is 36.2 Å². The summed E-state index contributed by atoms with van der Waals surface area (Å²) in [5.41, 5.74) is 7.65. The van der Waals surface area contributed by atoms with Gasteiger partial charge in [0.2, 0.25) is 0 Å². The molecule has 3 nitrogen and oxygen atoms in total. The zero-order valence-electron chi connectivity index (χ0n) is 9.64. The van der Waals surface area contributed by atoms with Crippen LogP contribution in [0.4, 0.5) is 0 Å². The van der Waals surface area contributed by atoms with Crippen molar-refractivity contribution in [3.05, 3.63) is 29.8 Å². The molecule has 1 aromatic carbocycles. The molecular formula is C13H14N2OS. The van der Waals surface area contributed by atoms with Crippen molar-refractivity contribution in [2.24, 2.45) is 18.7 Å². The van der Waals surface area contributed by atoms with Crippen LogP contribution in [0, 0.1) is 5.92 Å². The number of para-hydroxylation sites is 1. The highest BCUT2D eigenvalue weighted by Gasteiger charge is 2.31. The Kier molecular flexibility index (Phi) is 2.49. The molecule has 1 aromatic heterocycles.